The number of carbonyl (C=O) groups is 2. The zero-order chi connectivity index (χ0) is 11.7. The van der Waals surface area contributed by atoms with E-state index in [4.69, 9.17) is 10.2 Å². The molecule has 0 aromatic carbocycles. The van der Waals surface area contributed by atoms with Gasteiger partial charge in [-0.25, -0.2) is 0 Å². The number of thiol groups is 2. The highest BCUT2D eigenvalue weighted by molar-refractivity contribution is 7.81. The van der Waals surface area contributed by atoms with E-state index in [1.807, 2.05) is 0 Å². The van der Waals surface area contributed by atoms with Crippen molar-refractivity contribution in [3.8, 4) is 0 Å². The zero-order valence-electron chi connectivity index (χ0n) is 8.17. The number of carboxylic acids is 2. The van der Waals surface area contributed by atoms with Crippen LogP contribution in [0.3, 0.4) is 0 Å². The van der Waals surface area contributed by atoms with Crippen molar-refractivity contribution in [3.63, 3.8) is 0 Å². The van der Waals surface area contributed by atoms with E-state index in [-0.39, 0.29) is 11.7 Å². The molecule has 0 saturated heterocycles. The summed E-state index contributed by atoms with van der Waals surface area (Å²) < 4.78 is 0. The van der Waals surface area contributed by atoms with Crippen molar-refractivity contribution in [1.82, 2.24) is 0 Å². The van der Waals surface area contributed by atoms with Crippen molar-refractivity contribution < 1.29 is 19.8 Å². The summed E-state index contributed by atoms with van der Waals surface area (Å²) >= 11 is 7.58. The summed E-state index contributed by atoms with van der Waals surface area (Å²) in [6, 6.07) is 0. The Kier molecular flexibility index (Phi) is 10.6. The summed E-state index contributed by atoms with van der Waals surface area (Å²) in [6.07, 6.45) is 0.724. The Morgan fingerprint density at radius 3 is 1.71 bits per heavy atom. The second-order valence-corrected chi connectivity index (χ2v) is 4.21. The van der Waals surface area contributed by atoms with Crippen molar-refractivity contribution in [2.24, 2.45) is 0 Å². The normalized spacial score (nSPS) is 13.4. The van der Waals surface area contributed by atoms with Crippen LogP contribution in [0.2, 0.25) is 0 Å². The Hall–Kier alpha value is -0.360. The van der Waals surface area contributed by atoms with Crippen molar-refractivity contribution in [2.75, 3.05) is 0 Å². The van der Waals surface area contributed by atoms with E-state index in [1.54, 1.807) is 13.8 Å². The number of hydrogen-bond acceptors (Lipinski definition) is 4. The molecule has 0 saturated carbocycles. The monoisotopic (exact) mass is 240 g/mol. The third kappa shape index (κ3) is 14.2. The van der Waals surface area contributed by atoms with Crippen LogP contribution in [0.4, 0.5) is 0 Å². The first-order chi connectivity index (χ1) is 6.31. The summed E-state index contributed by atoms with van der Waals surface area (Å²) in [5.41, 5.74) is 0. The molecule has 0 heterocycles. The van der Waals surface area contributed by atoms with Crippen LogP contribution in [0.25, 0.3) is 0 Å². The smallest absolute Gasteiger partial charge is 0.316 e. The lowest BCUT2D eigenvalue weighted by Crippen LogP contribution is -2.10. The van der Waals surface area contributed by atoms with Gasteiger partial charge in [-0.3, -0.25) is 9.59 Å². The fourth-order valence-corrected chi connectivity index (χ4v) is 0.584. The molecule has 0 aliphatic heterocycles. The molecule has 0 aromatic rings. The first-order valence-corrected chi connectivity index (χ1v) is 5.15. The second kappa shape index (κ2) is 9.21. The third-order valence-electron chi connectivity index (χ3n) is 1.14. The van der Waals surface area contributed by atoms with Gasteiger partial charge in [-0.05, 0) is 6.42 Å². The van der Waals surface area contributed by atoms with Gasteiger partial charge in [0.05, 0.1) is 11.7 Å². The van der Waals surface area contributed by atoms with Crippen LogP contribution in [0.5, 0.6) is 0 Å². The maximum absolute atomic E-state index is 9.85. The lowest BCUT2D eigenvalue weighted by Gasteiger charge is -1.95. The first-order valence-electron chi connectivity index (χ1n) is 4.12. The molecule has 2 N–H and O–H groups in total. The van der Waals surface area contributed by atoms with Gasteiger partial charge in [-0.1, -0.05) is 13.8 Å². The van der Waals surface area contributed by atoms with Crippen LogP contribution in [0, 0.1) is 0 Å². The first kappa shape index (κ1) is 16.1. The molecule has 2 atom stereocenters. The molecule has 6 heteroatoms. The molecule has 2 unspecified atom stereocenters. The average Bonchev–Trinajstić information content (AvgIpc) is 2.01. The van der Waals surface area contributed by atoms with E-state index in [2.05, 4.69) is 25.3 Å². The predicted octanol–water partition coefficient (Wildman–Crippen LogP) is 1.56. The standard InChI is InChI=1S/2C4H8O2S/c1-3(7)2-4(5)6;1-2-3(7)4(5)6/h2*3,7H,2H2,1H3,(H,5,6). The maximum Gasteiger partial charge on any atom is 0.316 e. The van der Waals surface area contributed by atoms with Gasteiger partial charge in [-0.15, -0.1) is 0 Å². The van der Waals surface area contributed by atoms with E-state index in [0.717, 1.165) is 0 Å². The second-order valence-electron chi connectivity index (χ2n) is 2.71. The molecule has 0 amide bonds. The Bertz CT molecular complexity index is 182. The molecule has 0 fully saturated rings. The van der Waals surface area contributed by atoms with Crippen LogP contribution in [0.15, 0.2) is 0 Å². The highest BCUT2D eigenvalue weighted by Gasteiger charge is 2.06. The van der Waals surface area contributed by atoms with Crippen molar-refractivity contribution in [3.05, 3.63) is 0 Å². The molecule has 0 aromatic heterocycles. The molecular formula is C8H16O4S2. The summed E-state index contributed by atoms with van der Waals surface area (Å²) in [5.74, 6) is -1.63. The molecule has 0 rings (SSSR count). The number of aliphatic carboxylic acids is 2. The Morgan fingerprint density at radius 2 is 1.71 bits per heavy atom. The van der Waals surface area contributed by atoms with Gasteiger partial charge in [-0.2, -0.15) is 25.3 Å². The molecule has 14 heavy (non-hydrogen) atoms. The maximum atomic E-state index is 9.85. The van der Waals surface area contributed by atoms with Crippen LogP contribution in [0.1, 0.15) is 26.7 Å². The zero-order valence-corrected chi connectivity index (χ0v) is 9.96. The highest BCUT2D eigenvalue weighted by Crippen LogP contribution is 1.98. The van der Waals surface area contributed by atoms with Gasteiger partial charge in [0.15, 0.2) is 0 Å². The van der Waals surface area contributed by atoms with Gasteiger partial charge in [0.2, 0.25) is 0 Å². The number of hydrogen-bond donors (Lipinski definition) is 4. The summed E-state index contributed by atoms with van der Waals surface area (Å²) in [6.45, 7) is 3.53. The Balaban J connectivity index is 0. The van der Waals surface area contributed by atoms with Gasteiger partial charge < -0.3 is 10.2 Å². The Morgan fingerprint density at radius 1 is 1.29 bits per heavy atom. The van der Waals surface area contributed by atoms with Crippen molar-refractivity contribution in [1.29, 1.82) is 0 Å². The molecule has 0 aliphatic carbocycles. The van der Waals surface area contributed by atoms with Gasteiger partial charge >= 0.3 is 11.9 Å². The SMILES string of the molecule is CC(S)CC(=O)O.CCC(S)C(=O)O. The molecule has 0 radical (unpaired) electrons. The van der Waals surface area contributed by atoms with Crippen molar-refractivity contribution >= 4 is 37.2 Å². The third-order valence-corrected chi connectivity index (χ3v) is 1.91. The largest absolute Gasteiger partial charge is 0.481 e. The highest BCUT2D eigenvalue weighted by atomic mass is 32.1. The molecule has 84 valence electrons. The predicted molar refractivity (Wildman–Crippen MR) is 61.4 cm³/mol. The summed E-state index contributed by atoms with van der Waals surface area (Å²) in [5, 5.41) is 15.6. The summed E-state index contributed by atoms with van der Waals surface area (Å²) in [4.78, 5) is 19.6. The van der Waals surface area contributed by atoms with Gasteiger partial charge in [0.25, 0.3) is 0 Å². The van der Waals surface area contributed by atoms with E-state index in [0.29, 0.717) is 6.42 Å². The van der Waals surface area contributed by atoms with E-state index < -0.39 is 17.2 Å². The van der Waals surface area contributed by atoms with E-state index >= 15 is 0 Å². The molecule has 0 aliphatic rings. The van der Waals surface area contributed by atoms with Gasteiger partial charge in [0.1, 0.15) is 0 Å². The number of carboxylic acid groups (broad SMARTS) is 2. The van der Waals surface area contributed by atoms with Gasteiger partial charge in [0, 0.05) is 5.25 Å². The quantitative estimate of drug-likeness (QED) is 0.563. The van der Waals surface area contributed by atoms with Crippen LogP contribution in [-0.4, -0.2) is 32.7 Å². The van der Waals surface area contributed by atoms with Crippen LogP contribution >= 0.6 is 25.3 Å². The molecule has 4 nitrogen and oxygen atoms in total. The lowest BCUT2D eigenvalue weighted by atomic mass is 10.3. The minimum atomic E-state index is -0.842. The Labute approximate surface area is 94.5 Å². The minimum Gasteiger partial charge on any atom is -0.481 e. The van der Waals surface area contributed by atoms with E-state index in [9.17, 15) is 9.59 Å². The minimum absolute atomic E-state index is 0.0301. The molecule has 0 bridgehead atoms. The topological polar surface area (TPSA) is 74.6 Å². The van der Waals surface area contributed by atoms with E-state index in [1.165, 1.54) is 0 Å². The fourth-order valence-electron chi connectivity index (χ4n) is 0.427. The lowest BCUT2D eigenvalue weighted by molar-refractivity contribution is -0.137. The van der Waals surface area contributed by atoms with Crippen molar-refractivity contribution in [2.45, 2.75) is 37.2 Å². The van der Waals surface area contributed by atoms with Crippen LogP contribution in [-0.2, 0) is 9.59 Å². The number of rotatable bonds is 4. The average molecular weight is 240 g/mol. The summed E-state index contributed by atoms with van der Waals surface area (Å²) in [7, 11) is 0. The molecular weight excluding hydrogens is 224 g/mol. The molecule has 0 spiro atoms. The fraction of sp³-hybridized carbons (Fsp3) is 0.750. The van der Waals surface area contributed by atoms with Crippen LogP contribution < -0.4 is 0 Å².